The zero-order chi connectivity index (χ0) is 25.5. The number of benzene rings is 1. The zero-order valence-corrected chi connectivity index (χ0v) is 21.2. The number of nitrogens with one attached hydrogen (secondary N) is 2. The number of nitrogens with two attached hydrogens (primary N) is 1. The Labute approximate surface area is 216 Å². The number of nitrogens with zero attached hydrogens (tertiary/aromatic N) is 5. The van der Waals surface area contributed by atoms with Crippen molar-refractivity contribution in [2.75, 3.05) is 54.9 Å². The van der Waals surface area contributed by atoms with Crippen LogP contribution in [0.1, 0.15) is 43.0 Å². The Bertz CT molecular complexity index is 1190. The highest BCUT2D eigenvalue weighted by molar-refractivity contribution is 5.97. The van der Waals surface area contributed by atoms with Gasteiger partial charge in [0.15, 0.2) is 0 Å². The van der Waals surface area contributed by atoms with Gasteiger partial charge in [-0.25, -0.2) is 4.98 Å². The first kappa shape index (κ1) is 23.8. The highest BCUT2D eigenvalue weighted by Gasteiger charge is 2.36. The minimum absolute atomic E-state index is 0.180. The summed E-state index contributed by atoms with van der Waals surface area (Å²) >= 11 is 0. The molecule has 1 atom stereocenters. The average molecular weight is 507 g/mol. The molecule has 1 unspecified atom stereocenters. The molecule has 11 heteroatoms. The van der Waals surface area contributed by atoms with E-state index in [2.05, 4.69) is 36.5 Å². The van der Waals surface area contributed by atoms with Crippen LogP contribution in [-0.2, 0) is 4.79 Å². The first-order valence-electron chi connectivity index (χ1n) is 13.2. The number of fused-ring (bicyclic) bond motifs is 3. The largest absolute Gasteiger partial charge is 0.489 e. The van der Waals surface area contributed by atoms with E-state index in [4.69, 9.17) is 10.5 Å². The Balaban J connectivity index is 1.11. The molecule has 6 rings (SSSR count). The van der Waals surface area contributed by atoms with Crippen LogP contribution in [0.5, 0.6) is 5.75 Å². The van der Waals surface area contributed by atoms with Gasteiger partial charge in [-0.2, -0.15) is 4.98 Å². The summed E-state index contributed by atoms with van der Waals surface area (Å²) < 4.78 is 6.22. The molecule has 0 spiro atoms. The molecule has 4 N–H and O–H groups in total. The predicted octanol–water partition coefficient (Wildman–Crippen LogP) is 1.79. The third-order valence-corrected chi connectivity index (χ3v) is 7.87. The van der Waals surface area contributed by atoms with Crippen molar-refractivity contribution in [1.82, 2.24) is 19.8 Å². The van der Waals surface area contributed by atoms with Crippen LogP contribution in [0.2, 0.25) is 0 Å². The van der Waals surface area contributed by atoms with Gasteiger partial charge in [0.25, 0.3) is 5.91 Å². The lowest BCUT2D eigenvalue weighted by molar-refractivity contribution is -0.130. The smallest absolute Gasteiger partial charge is 0.254 e. The highest BCUT2D eigenvalue weighted by atomic mass is 16.5. The van der Waals surface area contributed by atoms with E-state index in [1.165, 1.54) is 6.20 Å². The highest BCUT2D eigenvalue weighted by Crippen LogP contribution is 2.38. The predicted molar refractivity (Wildman–Crippen MR) is 140 cm³/mol. The standard InChI is InChI=1S/C26H34N8O3/c1-16(35)32-8-6-19(7-9-32)33-10-11-34-20(14-33)15-37-23-12-18(4-5-22(23)34)30-26-28-13-21(24(27)36)25(31-26)29-17-2-3-17/h4-5,12-13,17,19-20H,2-3,6-11,14-15H2,1H3,(H2,27,36)(H2,28,29,30,31). The molecule has 0 radical (unpaired) electrons. The van der Waals surface area contributed by atoms with Crippen molar-refractivity contribution >= 4 is 35.0 Å². The van der Waals surface area contributed by atoms with Gasteiger partial charge >= 0.3 is 0 Å². The fourth-order valence-corrected chi connectivity index (χ4v) is 5.63. The maximum atomic E-state index is 11.8. The number of amides is 2. The number of likely N-dealkylation sites (tertiary alicyclic amines) is 1. The summed E-state index contributed by atoms with van der Waals surface area (Å²) in [7, 11) is 0. The first-order chi connectivity index (χ1) is 17.9. The summed E-state index contributed by atoms with van der Waals surface area (Å²) in [5.41, 5.74) is 7.71. The lowest BCUT2D eigenvalue weighted by atomic mass is 9.99. The molecule has 4 heterocycles. The van der Waals surface area contributed by atoms with Crippen LogP contribution >= 0.6 is 0 Å². The van der Waals surface area contributed by atoms with Crippen LogP contribution in [0.4, 0.5) is 23.1 Å². The summed E-state index contributed by atoms with van der Waals surface area (Å²) in [5, 5.41) is 6.50. The lowest BCUT2D eigenvalue weighted by Crippen LogP contribution is -2.60. The van der Waals surface area contributed by atoms with E-state index in [1.807, 2.05) is 17.0 Å². The van der Waals surface area contributed by atoms with Crippen molar-refractivity contribution in [2.45, 2.75) is 50.7 Å². The Kier molecular flexibility index (Phi) is 6.23. The molecule has 3 fully saturated rings. The molecule has 0 bridgehead atoms. The van der Waals surface area contributed by atoms with Crippen molar-refractivity contribution in [3.05, 3.63) is 30.0 Å². The number of anilines is 4. The van der Waals surface area contributed by atoms with Gasteiger partial charge in [0.2, 0.25) is 11.9 Å². The summed E-state index contributed by atoms with van der Waals surface area (Å²) in [5.74, 6) is 1.34. The number of piperazine rings is 1. The molecule has 37 heavy (non-hydrogen) atoms. The van der Waals surface area contributed by atoms with Crippen molar-refractivity contribution in [3.8, 4) is 5.75 Å². The molecule has 4 aliphatic rings. The molecule has 196 valence electrons. The number of hydrogen-bond donors (Lipinski definition) is 3. The van der Waals surface area contributed by atoms with Crippen molar-refractivity contribution in [1.29, 1.82) is 0 Å². The molecule has 1 aromatic heterocycles. The van der Waals surface area contributed by atoms with Gasteiger partial charge in [0.1, 0.15) is 18.2 Å². The number of piperidine rings is 1. The van der Waals surface area contributed by atoms with Gasteiger partial charge in [0.05, 0.1) is 17.3 Å². The van der Waals surface area contributed by atoms with Gasteiger partial charge in [-0.05, 0) is 37.8 Å². The molecule has 1 saturated carbocycles. The summed E-state index contributed by atoms with van der Waals surface area (Å²) in [6.07, 6.45) is 5.66. The Morgan fingerprint density at radius 1 is 1.08 bits per heavy atom. The minimum atomic E-state index is -0.548. The maximum Gasteiger partial charge on any atom is 0.254 e. The number of hydrogen-bond acceptors (Lipinski definition) is 9. The summed E-state index contributed by atoms with van der Waals surface area (Å²) in [6, 6.07) is 7.26. The van der Waals surface area contributed by atoms with E-state index in [-0.39, 0.29) is 5.91 Å². The molecule has 3 aliphatic heterocycles. The van der Waals surface area contributed by atoms with Gasteiger partial charge in [0, 0.05) is 69.7 Å². The minimum Gasteiger partial charge on any atom is -0.489 e. The van der Waals surface area contributed by atoms with Gasteiger partial charge < -0.3 is 30.9 Å². The van der Waals surface area contributed by atoms with Crippen LogP contribution in [0, 0.1) is 0 Å². The topological polar surface area (TPSA) is 129 Å². The van der Waals surface area contributed by atoms with Gasteiger partial charge in [-0.1, -0.05) is 0 Å². The average Bonchev–Trinajstić information content (AvgIpc) is 3.72. The molecule has 1 aliphatic carbocycles. The van der Waals surface area contributed by atoms with Crippen LogP contribution in [0.15, 0.2) is 24.4 Å². The van der Waals surface area contributed by atoms with E-state index in [9.17, 15) is 9.59 Å². The first-order valence-corrected chi connectivity index (χ1v) is 13.2. The van der Waals surface area contributed by atoms with Gasteiger partial charge in [-0.15, -0.1) is 0 Å². The number of rotatable bonds is 6. The van der Waals surface area contributed by atoms with E-state index in [0.29, 0.717) is 42.1 Å². The molecular weight excluding hydrogens is 472 g/mol. The molecule has 2 saturated heterocycles. The molecule has 2 aromatic rings. The Hall–Kier alpha value is -3.60. The van der Waals surface area contributed by atoms with E-state index in [1.54, 1.807) is 6.92 Å². The van der Waals surface area contributed by atoms with Gasteiger partial charge in [-0.3, -0.25) is 14.5 Å². The lowest BCUT2D eigenvalue weighted by Gasteiger charge is -2.49. The molecule has 1 aromatic carbocycles. The fraction of sp³-hybridized carbons (Fsp3) is 0.538. The maximum absolute atomic E-state index is 11.8. The SMILES string of the molecule is CC(=O)N1CCC(N2CCN3c4ccc(Nc5ncc(C(N)=O)c(NC6CC6)n5)cc4OCC3C2)CC1. The summed E-state index contributed by atoms with van der Waals surface area (Å²) in [4.78, 5) is 39.2. The number of carbonyl (C=O) groups is 2. The van der Waals surface area contributed by atoms with Crippen LogP contribution in [0.3, 0.4) is 0 Å². The van der Waals surface area contributed by atoms with E-state index in [0.717, 1.165) is 75.5 Å². The van der Waals surface area contributed by atoms with E-state index < -0.39 is 5.91 Å². The monoisotopic (exact) mass is 506 g/mol. The second-order valence-corrected chi connectivity index (χ2v) is 10.4. The zero-order valence-electron chi connectivity index (χ0n) is 21.2. The molecule has 11 nitrogen and oxygen atoms in total. The van der Waals surface area contributed by atoms with Crippen LogP contribution in [-0.4, -0.2) is 89.0 Å². The number of aromatic nitrogens is 2. The molecule has 2 amide bonds. The molecular formula is C26H34N8O3. The summed E-state index contributed by atoms with van der Waals surface area (Å²) in [6.45, 7) is 6.94. The van der Waals surface area contributed by atoms with Crippen molar-refractivity contribution in [2.24, 2.45) is 5.73 Å². The number of ether oxygens (including phenoxy) is 1. The fourth-order valence-electron chi connectivity index (χ4n) is 5.63. The number of carbonyl (C=O) groups excluding carboxylic acids is 2. The Morgan fingerprint density at radius 3 is 2.62 bits per heavy atom. The second-order valence-electron chi connectivity index (χ2n) is 10.4. The second kappa shape index (κ2) is 9.70. The number of primary amides is 1. The third-order valence-electron chi connectivity index (χ3n) is 7.87. The van der Waals surface area contributed by atoms with E-state index >= 15 is 0 Å². The third kappa shape index (κ3) is 5.00. The van der Waals surface area contributed by atoms with Crippen molar-refractivity contribution in [3.63, 3.8) is 0 Å². The Morgan fingerprint density at radius 2 is 1.89 bits per heavy atom. The normalized spacial score (nSPS) is 22.0. The van der Waals surface area contributed by atoms with Crippen molar-refractivity contribution < 1.29 is 14.3 Å². The van der Waals surface area contributed by atoms with Crippen LogP contribution in [0.25, 0.3) is 0 Å². The van der Waals surface area contributed by atoms with Crippen LogP contribution < -0.4 is 26.0 Å². The quantitative estimate of drug-likeness (QED) is 0.537.